The van der Waals surface area contributed by atoms with E-state index >= 15 is 0 Å². The van der Waals surface area contributed by atoms with Crippen LogP contribution in [-0.4, -0.2) is 37.0 Å². The molecule has 1 heterocycles. The maximum Gasteiger partial charge on any atom is 0.256 e. The van der Waals surface area contributed by atoms with Crippen molar-refractivity contribution < 1.29 is 14.3 Å². The Labute approximate surface area is 188 Å². The van der Waals surface area contributed by atoms with Crippen LogP contribution in [0.4, 0.5) is 5.69 Å². The second-order valence-electron chi connectivity index (χ2n) is 7.72. The quantitative estimate of drug-likeness (QED) is 0.500. The Morgan fingerprint density at radius 2 is 1.69 bits per heavy atom. The molecule has 1 atom stereocenters. The average molecular weight is 430 g/mol. The van der Waals surface area contributed by atoms with Crippen LogP contribution in [0.2, 0.25) is 0 Å². The Balaban J connectivity index is 1.44. The van der Waals surface area contributed by atoms with Gasteiger partial charge in [-0.1, -0.05) is 48.5 Å². The Bertz CT molecular complexity index is 1070. The van der Waals surface area contributed by atoms with Gasteiger partial charge in [0.25, 0.3) is 11.8 Å². The van der Waals surface area contributed by atoms with Gasteiger partial charge in [-0.05, 0) is 42.3 Å². The minimum Gasteiger partial charge on any atom is -0.385 e. The maximum atomic E-state index is 12.9. The van der Waals surface area contributed by atoms with Gasteiger partial charge in [-0.25, -0.2) is 0 Å². The molecule has 1 unspecified atom stereocenters. The summed E-state index contributed by atoms with van der Waals surface area (Å²) in [7, 11) is 1.66. The standard InChI is InChI=1S/C26H27N3O3/c1-32-17-7-16-29-24(22-10-5-6-11-23(22)26(29)31)28-21-14-12-20(13-15-21)25(30)27-18-19-8-3-2-4-9-19/h2-6,8-15,24,28H,7,16-18H2,1H3,(H,27,30). The smallest absolute Gasteiger partial charge is 0.256 e. The first-order valence-corrected chi connectivity index (χ1v) is 10.7. The highest BCUT2D eigenvalue weighted by atomic mass is 16.5. The van der Waals surface area contributed by atoms with Crippen molar-refractivity contribution in [2.24, 2.45) is 0 Å². The number of carbonyl (C=O) groups is 2. The van der Waals surface area contributed by atoms with E-state index in [2.05, 4.69) is 10.6 Å². The molecule has 0 aliphatic carbocycles. The van der Waals surface area contributed by atoms with Gasteiger partial charge in [-0.15, -0.1) is 0 Å². The largest absolute Gasteiger partial charge is 0.385 e. The summed E-state index contributed by atoms with van der Waals surface area (Å²) in [5.41, 5.74) is 4.17. The fraction of sp³-hybridized carbons (Fsp3) is 0.231. The van der Waals surface area contributed by atoms with Crippen LogP contribution < -0.4 is 10.6 Å². The molecule has 0 saturated heterocycles. The number of carbonyl (C=O) groups excluding carboxylic acids is 2. The molecule has 0 spiro atoms. The lowest BCUT2D eigenvalue weighted by atomic mass is 10.1. The van der Waals surface area contributed by atoms with E-state index < -0.39 is 0 Å². The van der Waals surface area contributed by atoms with E-state index in [1.54, 1.807) is 19.2 Å². The topological polar surface area (TPSA) is 70.7 Å². The average Bonchev–Trinajstić information content (AvgIpc) is 3.10. The van der Waals surface area contributed by atoms with Crippen molar-refractivity contribution in [2.75, 3.05) is 25.6 Å². The third kappa shape index (κ3) is 4.81. The van der Waals surface area contributed by atoms with Crippen molar-refractivity contribution in [3.8, 4) is 0 Å². The van der Waals surface area contributed by atoms with E-state index in [0.29, 0.717) is 25.3 Å². The minimum absolute atomic E-state index is 0.0195. The number of benzene rings is 3. The van der Waals surface area contributed by atoms with Crippen molar-refractivity contribution in [3.05, 3.63) is 101 Å². The number of ether oxygens (including phenoxy) is 1. The van der Waals surface area contributed by atoms with Crippen LogP contribution in [0.25, 0.3) is 0 Å². The summed E-state index contributed by atoms with van der Waals surface area (Å²) in [4.78, 5) is 27.2. The molecule has 0 aromatic heterocycles. The monoisotopic (exact) mass is 429 g/mol. The van der Waals surface area contributed by atoms with E-state index in [0.717, 1.165) is 28.8 Å². The highest BCUT2D eigenvalue weighted by Crippen LogP contribution is 2.34. The van der Waals surface area contributed by atoms with E-state index in [1.165, 1.54) is 0 Å². The van der Waals surface area contributed by atoms with Gasteiger partial charge >= 0.3 is 0 Å². The number of hydrogen-bond acceptors (Lipinski definition) is 4. The lowest BCUT2D eigenvalue weighted by Gasteiger charge is -2.27. The van der Waals surface area contributed by atoms with Gasteiger partial charge in [-0.3, -0.25) is 9.59 Å². The zero-order valence-corrected chi connectivity index (χ0v) is 18.1. The van der Waals surface area contributed by atoms with Crippen molar-refractivity contribution in [2.45, 2.75) is 19.1 Å². The molecular formula is C26H27N3O3. The van der Waals surface area contributed by atoms with Gasteiger partial charge in [0.1, 0.15) is 6.17 Å². The first kappa shape index (κ1) is 21.6. The fourth-order valence-electron chi connectivity index (χ4n) is 3.89. The molecule has 0 fully saturated rings. The summed E-state index contributed by atoms with van der Waals surface area (Å²) >= 11 is 0. The molecule has 1 aliphatic rings. The van der Waals surface area contributed by atoms with E-state index in [-0.39, 0.29) is 18.0 Å². The molecule has 1 aliphatic heterocycles. The molecule has 32 heavy (non-hydrogen) atoms. The van der Waals surface area contributed by atoms with Gasteiger partial charge in [0, 0.05) is 49.2 Å². The number of fused-ring (bicyclic) bond motifs is 1. The number of hydrogen-bond donors (Lipinski definition) is 2. The van der Waals surface area contributed by atoms with Crippen LogP contribution in [0.1, 0.15) is 44.4 Å². The van der Waals surface area contributed by atoms with Crippen molar-refractivity contribution in [3.63, 3.8) is 0 Å². The first-order chi connectivity index (χ1) is 15.7. The third-order valence-corrected chi connectivity index (χ3v) is 5.55. The van der Waals surface area contributed by atoms with Crippen molar-refractivity contribution in [1.29, 1.82) is 0 Å². The second kappa shape index (κ2) is 10.1. The van der Waals surface area contributed by atoms with Crippen LogP contribution >= 0.6 is 0 Å². The molecular weight excluding hydrogens is 402 g/mol. The maximum absolute atomic E-state index is 12.9. The molecule has 6 heteroatoms. The van der Waals surface area contributed by atoms with Crippen LogP contribution in [0.3, 0.4) is 0 Å². The Morgan fingerprint density at radius 1 is 0.969 bits per heavy atom. The van der Waals surface area contributed by atoms with Gasteiger partial charge in [-0.2, -0.15) is 0 Å². The lowest BCUT2D eigenvalue weighted by molar-refractivity contribution is 0.0721. The molecule has 0 bridgehead atoms. The Morgan fingerprint density at radius 3 is 2.44 bits per heavy atom. The SMILES string of the molecule is COCCCN1C(=O)c2ccccc2C1Nc1ccc(C(=O)NCc2ccccc2)cc1. The van der Waals surface area contributed by atoms with Gasteiger partial charge < -0.3 is 20.3 Å². The van der Waals surface area contributed by atoms with Crippen LogP contribution in [0.5, 0.6) is 0 Å². The number of nitrogens with zero attached hydrogens (tertiary/aromatic N) is 1. The molecule has 2 N–H and O–H groups in total. The summed E-state index contributed by atoms with van der Waals surface area (Å²) in [6, 6.07) is 24.8. The molecule has 164 valence electrons. The predicted molar refractivity (Wildman–Crippen MR) is 124 cm³/mol. The Hall–Kier alpha value is -3.64. The van der Waals surface area contributed by atoms with E-state index in [1.807, 2.05) is 71.6 Å². The third-order valence-electron chi connectivity index (χ3n) is 5.55. The lowest BCUT2D eigenvalue weighted by Crippen LogP contribution is -2.33. The number of methoxy groups -OCH3 is 1. The fourth-order valence-corrected chi connectivity index (χ4v) is 3.89. The number of anilines is 1. The zero-order chi connectivity index (χ0) is 22.3. The second-order valence-corrected chi connectivity index (χ2v) is 7.72. The van der Waals surface area contributed by atoms with E-state index in [9.17, 15) is 9.59 Å². The van der Waals surface area contributed by atoms with Crippen LogP contribution in [-0.2, 0) is 11.3 Å². The number of rotatable bonds is 9. The van der Waals surface area contributed by atoms with Gasteiger partial charge in [0.15, 0.2) is 0 Å². The van der Waals surface area contributed by atoms with Crippen molar-refractivity contribution >= 4 is 17.5 Å². The summed E-state index contributed by atoms with van der Waals surface area (Å²) in [5.74, 6) is -0.103. The minimum atomic E-state index is -0.256. The summed E-state index contributed by atoms with van der Waals surface area (Å²) in [5, 5.41) is 6.40. The molecule has 0 saturated carbocycles. The Kier molecular flexibility index (Phi) is 6.82. The molecule has 3 aromatic carbocycles. The molecule has 0 radical (unpaired) electrons. The van der Waals surface area contributed by atoms with Crippen LogP contribution in [0.15, 0.2) is 78.9 Å². The van der Waals surface area contributed by atoms with Crippen LogP contribution in [0, 0.1) is 0 Å². The van der Waals surface area contributed by atoms with Gasteiger partial charge in [0.2, 0.25) is 0 Å². The number of amides is 2. The number of nitrogens with one attached hydrogen (secondary N) is 2. The normalized spacial score (nSPS) is 14.8. The zero-order valence-electron chi connectivity index (χ0n) is 18.1. The molecule has 6 nitrogen and oxygen atoms in total. The molecule has 2 amide bonds. The summed E-state index contributed by atoms with van der Waals surface area (Å²) in [6.45, 7) is 1.68. The summed E-state index contributed by atoms with van der Waals surface area (Å²) in [6.07, 6.45) is 0.503. The van der Waals surface area contributed by atoms with Gasteiger partial charge in [0.05, 0.1) is 0 Å². The first-order valence-electron chi connectivity index (χ1n) is 10.7. The molecule has 3 aromatic rings. The highest BCUT2D eigenvalue weighted by molar-refractivity contribution is 5.99. The predicted octanol–water partition coefficient (Wildman–Crippen LogP) is 4.22. The molecule has 4 rings (SSSR count). The van der Waals surface area contributed by atoms with E-state index in [4.69, 9.17) is 4.74 Å². The van der Waals surface area contributed by atoms with Crippen molar-refractivity contribution in [1.82, 2.24) is 10.2 Å². The highest BCUT2D eigenvalue weighted by Gasteiger charge is 2.35. The summed E-state index contributed by atoms with van der Waals surface area (Å²) < 4.78 is 5.15.